The molecule has 0 radical (unpaired) electrons. The molecule has 0 saturated heterocycles. The SMILES string of the molecule is CC(=O)Nc1cccc(O[C@@H](NC(=O)c2cccc([N+](=O)[O-])c2)C(Cl)(Cl)Cl)c1. The summed E-state index contributed by atoms with van der Waals surface area (Å²) < 4.78 is 3.50. The zero-order valence-corrected chi connectivity index (χ0v) is 16.6. The van der Waals surface area contributed by atoms with Gasteiger partial charge in [-0.25, -0.2) is 0 Å². The predicted octanol–water partition coefficient (Wildman–Crippen LogP) is 4.06. The minimum Gasteiger partial charge on any atom is -0.466 e. The maximum Gasteiger partial charge on any atom is 0.270 e. The molecule has 2 rings (SSSR count). The van der Waals surface area contributed by atoms with Crippen LogP contribution >= 0.6 is 34.8 Å². The van der Waals surface area contributed by atoms with Gasteiger partial charge in [0.15, 0.2) is 0 Å². The summed E-state index contributed by atoms with van der Waals surface area (Å²) in [5.74, 6) is -0.811. The van der Waals surface area contributed by atoms with E-state index in [9.17, 15) is 19.7 Å². The average Bonchev–Trinajstić information content (AvgIpc) is 2.60. The van der Waals surface area contributed by atoms with Crippen LogP contribution < -0.4 is 15.4 Å². The van der Waals surface area contributed by atoms with E-state index in [-0.39, 0.29) is 22.9 Å². The number of non-ortho nitro benzene ring substituents is 1. The van der Waals surface area contributed by atoms with Crippen LogP contribution in [-0.4, -0.2) is 26.8 Å². The number of nitro groups is 1. The number of anilines is 1. The highest BCUT2D eigenvalue weighted by molar-refractivity contribution is 6.68. The minimum absolute atomic E-state index is 0.0101. The molecule has 0 aromatic heterocycles. The van der Waals surface area contributed by atoms with Gasteiger partial charge in [-0.2, -0.15) is 0 Å². The van der Waals surface area contributed by atoms with E-state index < -0.39 is 20.9 Å². The van der Waals surface area contributed by atoms with Gasteiger partial charge in [-0.15, -0.1) is 0 Å². The van der Waals surface area contributed by atoms with Crippen molar-refractivity contribution in [3.8, 4) is 5.75 Å². The second-order valence-corrected chi connectivity index (χ2v) is 7.90. The van der Waals surface area contributed by atoms with Crippen LogP contribution in [0.4, 0.5) is 11.4 Å². The van der Waals surface area contributed by atoms with E-state index in [0.29, 0.717) is 5.69 Å². The predicted molar refractivity (Wildman–Crippen MR) is 106 cm³/mol. The molecule has 8 nitrogen and oxygen atoms in total. The third-order valence-electron chi connectivity index (χ3n) is 3.29. The van der Waals surface area contributed by atoms with E-state index in [1.165, 1.54) is 37.3 Å². The molecule has 0 bridgehead atoms. The Bertz CT molecular complexity index is 902. The van der Waals surface area contributed by atoms with E-state index in [1.54, 1.807) is 12.1 Å². The standard InChI is InChI=1S/C17H14Cl3N3O5/c1-10(24)21-12-5-3-7-14(9-12)28-16(17(18,19)20)22-15(25)11-4-2-6-13(8-11)23(26)27/h2-9,16H,1H3,(H,21,24)(H,22,25)/t16-/m1/s1. The molecule has 0 spiro atoms. The number of amides is 2. The zero-order valence-electron chi connectivity index (χ0n) is 14.3. The minimum atomic E-state index is -2.06. The lowest BCUT2D eigenvalue weighted by atomic mass is 10.2. The van der Waals surface area contributed by atoms with Crippen molar-refractivity contribution < 1.29 is 19.2 Å². The summed E-state index contributed by atoms with van der Waals surface area (Å²) in [7, 11) is 0. The van der Waals surface area contributed by atoms with E-state index in [4.69, 9.17) is 39.5 Å². The molecule has 148 valence electrons. The number of nitro benzene ring substituents is 1. The highest BCUT2D eigenvalue weighted by Crippen LogP contribution is 2.32. The molecule has 2 N–H and O–H groups in total. The molecule has 2 aromatic rings. The van der Waals surface area contributed by atoms with Gasteiger partial charge in [-0.1, -0.05) is 46.9 Å². The first kappa shape index (κ1) is 21.7. The van der Waals surface area contributed by atoms with Crippen molar-refractivity contribution in [3.05, 3.63) is 64.2 Å². The number of benzene rings is 2. The molecule has 0 unspecified atom stereocenters. The number of nitrogens with zero attached hydrogens (tertiary/aromatic N) is 1. The molecule has 0 aliphatic heterocycles. The largest absolute Gasteiger partial charge is 0.466 e. The number of carbonyl (C=O) groups excluding carboxylic acids is 2. The number of hydrogen-bond donors (Lipinski definition) is 2. The van der Waals surface area contributed by atoms with Crippen molar-refractivity contribution in [1.82, 2.24) is 5.32 Å². The Morgan fingerprint density at radius 1 is 1.14 bits per heavy atom. The first-order chi connectivity index (χ1) is 13.1. The number of ether oxygens (including phenoxy) is 1. The molecular weight excluding hydrogens is 433 g/mol. The maximum atomic E-state index is 12.4. The molecule has 0 aliphatic carbocycles. The molecular formula is C17H14Cl3N3O5. The summed E-state index contributed by atoms with van der Waals surface area (Å²) >= 11 is 17.7. The quantitative estimate of drug-likeness (QED) is 0.301. The number of rotatable bonds is 6. The maximum absolute atomic E-state index is 12.4. The van der Waals surface area contributed by atoms with Crippen molar-refractivity contribution in [1.29, 1.82) is 0 Å². The summed E-state index contributed by atoms with van der Waals surface area (Å²) in [6.45, 7) is 1.34. The van der Waals surface area contributed by atoms with Crippen molar-refractivity contribution in [2.45, 2.75) is 16.9 Å². The van der Waals surface area contributed by atoms with E-state index >= 15 is 0 Å². The van der Waals surface area contributed by atoms with Gasteiger partial charge in [0, 0.05) is 36.4 Å². The Kier molecular flexibility index (Phi) is 7.06. The fraction of sp³-hybridized carbons (Fsp3) is 0.176. The summed E-state index contributed by atoms with van der Waals surface area (Å²) in [6, 6.07) is 11.3. The van der Waals surface area contributed by atoms with E-state index in [2.05, 4.69) is 10.6 Å². The first-order valence-corrected chi connectivity index (χ1v) is 8.86. The number of alkyl halides is 3. The first-order valence-electron chi connectivity index (χ1n) is 7.72. The second-order valence-electron chi connectivity index (χ2n) is 5.53. The molecule has 0 heterocycles. The molecule has 28 heavy (non-hydrogen) atoms. The Hall–Kier alpha value is -2.55. The molecule has 0 aliphatic rings. The summed E-state index contributed by atoms with van der Waals surface area (Å²) in [4.78, 5) is 33.8. The number of hydrogen-bond acceptors (Lipinski definition) is 5. The zero-order chi connectivity index (χ0) is 20.9. The van der Waals surface area contributed by atoms with Gasteiger partial charge in [-0.3, -0.25) is 19.7 Å². The van der Waals surface area contributed by atoms with Gasteiger partial charge in [0.25, 0.3) is 11.6 Å². The fourth-order valence-corrected chi connectivity index (χ4v) is 2.43. The Morgan fingerprint density at radius 2 is 1.82 bits per heavy atom. The lowest BCUT2D eigenvalue weighted by molar-refractivity contribution is -0.384. The molecule has 11 heteroatoms. The van der Waals surface area contributed by atoms with Crippen LogP contribution in [0.5, 0.6) is 5.75 Å². The van der Waals surface area contributed by atoms with E-state index in [0.717, 1.165) is 6.07 Å². The van der Waals surface area contributed by atoms with Gasteiger partial charge in [0.05, 0.1) is 4.92 Å². The van der Waals surface area contributed by atoms with Crippen molar-refractivity contribution in [2.75, 3.05) is 5.32 Å². The second kappa shape index (κ2) is 9.09. The lowest BCUT2D eigenvalue weighted by Crippen LogP contribution is -2.47. The monoisotopic (exact) mass is 445 g/mol. The van der Waals surface area contributed by atoms with Crippen LogP contribution in [0.25, 0.3) is 0 Å². The van der Waals surface area contributed by atoms with Crippen molar-refractivity contribution in [3.63, 3.8) is 0 Å². The Balaban J connectivity index is 2.21. The van der Waals surface area contributed by atoms with Crippen LogP contribution in [0.2, 0.25) is 0 Å². The number of carbonyl (C=O) groups is 2. The summed E-state index contributed by atoms with van der Waals surface area (Å²) in [5, 5.41) is 15.8. The van der Waals surface area contributed by atoms with Crippen LogP contribution in [0.15, 0.2) is 48.5 Å². The van der Waals surface area contributed by atoms with Crippen LogP contribution in [0, 0.1) is 10.1 Å². The summed E-state index contributed by atoms with van der Waals surface area (Å²) in [6.07, 6.45) is -1.42. The van der Waals surface area contributed by atoms with Crippen LogP contribution in [-0.2, 0) is 4.79 Å². The van der Waals surface area contributed by atoms with Crippen LogP contribution in [0.1, 0.15) is 17.3 Å². The summed E-state index contributed by atoms with van der Waals surface area (Å²) in [5.41, 5.74) is 0.170. The highest BCUT2D eigenvalue weighted by atomic mass is 35.6. The number of halogens is 3. The van der Waals surface area contributed by atoms with Crippen molar-refractivity contribution in [2.24, 2.45) is 0 Å². The smallest absolute Gasteiger partial charge is 0.270 e. The average molecular weight is 447 g/mol. The third-order valence-corrected chi connectivity index (χ3v) is 3.88. The third kappa shape index (κ3) is 6.26. The Morgan fingerprint density at radius 3 is 2.43 bits per heavy atom. The van der Waals surface area contributed by atoms with E-state index in [1.807, 2.05) is 0 Å². The van der Waals surface area contributed by atoms with Crippen LogP contribution in [0.3, 0.4) is 0 Å². The lowest BCUT2D eigenvalue weighted by Gasteiger charge is -2.26. The molecule has 0 fully saturated rings. The van der Waals surface area contributed by atoms with Gasteiger partial charge in [-0.05, 0) is 18.2 Å². The normalized spacial score (nSPS) is 12.0. The topological polar surface area (TPSA) is 111 Å². The van der Waals surface area contributed by atoms with Crippen molar-refractivity contribution >= 4 is 58.0 Å². The van der Waals surface area contributed by atoms with Gasteiger partial charge in [0.2, 0.25) is 15.9 Å². The fourth-order valence-electron chi connectivity index (χ4n) is 2.13. The Labute approximate surface area is 174 Å². The van der Waals surface area contributed by atoms with Gasteiger partial charge < -0.3 is 15.4 Å². The highest BCUT2D eigenvalue weighted by Gasteiger charge is 2.36. The number of nitrogens with one attached hydrogen (secondary N) is 2. The molecule has 2 amide bonds. The van der Waals surface area contributed by atoms with Gasteiger partial charge >= 0.3 is 0 Å². The molecule has 1 atom stereocenters. The molecule has 0 saturated carbocycles. The molecule has 2 aromatic carbocycles. The van der Waals surface area contributed by atoms with Gasteiger partial charge in [0.1, 0.15) is 5.75 Å².